The average molecular weight is 852 g/mol. The summed E-state index contributed by atoms with van der Waals surface area (Å²) in [6, 6.07) is 17.6. The number of imidazole rings is 1. The Morgan fingerprint density at radius 1 is 0.873 bits per heavy atom. The Labute approximate surface area is 365 Å². The molecule has 3 aliphatic heterocycles. The molecule has 7 heterocycles. The van der Waals surface area contributed by atoms with Crippen LogP contribution >= 0.6 is 0 Å². The molecule has 0 unspecified atom stereocenters. The number of H-pyrrole nitrogens is 1. The highest BCUT2D eigenvalue weighted by Crippen LogP contribution is 2.31. The number of imide groups is 1. The Balaban J connectivity index is 0.768. The zero-order valence-electron chi connectivity index (χ0n) is 36.4. The van der Waals surface area contributed by atoms with E-state index in [1.54, 1.807) is 4.90 Å². The number of hydrogen-bond acceptors (Lipinski definition) is 13. The number of urea groups is 1. The molecule has 326 valence electrons. The molecule has 2 aromatic carbocycles. The van der Waals surface area contributed by atoms with Gasteiger partial charge in [0, 0.05) is 81.1 Å². The molecule has 63 heavy (non-hydrogen) atoms. The van der Waals surface area contributed by atoms with E-state index < -0.39 is 5.91 Å². The first-order valence-electron chi connectivity index (χ1n) is 21.7. The van der Waals surface area contributed by atoms with Gasteiger partial charge in [0.1, 0.15) is 17.5 Å². The number of pyridine rings is 1. The largest absolute Gasteiger partial charge is 0.372 e. The van der Waals surface area contributed by atoms with Gasteiger partial charge in [-0.1, -0.05) is 38.1 Å². The molecule has 3 saturated heterocycles. The standard InChI is InChI=1S/C46H53N13O4/c1-28-24-31(6-12-35(28)29(2)50-43(61)42-54-44(63-55-42)46(3,4)5)38-39-41(49-27-48-38)53-40(52-39)36-13-11-34(25-47-36)58-22-20-56(21-23-58)26-30-14-17-57(18-15-30)32-7-9-33(10-8-32)59-19-16-37(60)51-45(59)62/h6-13,24-25,27,29-30H,14-23,26H2,1-5H3,(H,50,61)(H,51,60,62)(H,48,49,52,53)/t29-/m1/s1. The number of hydrogen-bond donors (Lipinski definition) is 3. The molecule has 1 atom stereocenters. The van der Waals surface area contributed by atoms with Crippen LogP contribution < -0.4 is 25.3 Å². The Bertz CT molecular complexity index is 2620. The maximum Gasteiger partial charge on any atom is 0.328 e. The van der Waals surface area contributed by atoms with Crippen LogP contribution in [0.4, 0.5) is 21.9 Å². The predicted octanol–water partition coefficient (Wildman–Crippen LogP) is 6.05. The Kier molecular flexibility index (Phi) is 11.4. The summed E-state index contributed by atoms with van der Waals surface area (Å²) in [4.78, 5) is 72.2. The van der Waals surface area contributed by atoms with Crippen molar-refractivity contribution in [3.05, 3.63) is 90.0 Å². The number of carbonyl (C=O) groups is 3. The van der Waals surface area contributed by atoms with Gasteiger partial charge in [0.2, 0.25) is 11.8 Å². The number of benzene rings is 2. The molecule has 9 rings (SSSR count). The first kappa shape index (κ1) is 41.6. The summed E-state index contributed by atoms with van der Waals surface area (Å²) in [7, 11) is 0. The van der Waals surface area contributed by atoms with Crippen LogP contribution in [0.2, 0.25) is 0 Å². The number of aryl methyl sites for hydroxylation is 1. The van der Waals surface area contributed by atoms with Crippen molar-refractivity contribution in [1.29, 1.82) is 0 Å². The van der Waals surface area contributed by atoms with E-state index >= 15 is 0 Å². The van der Waals surface area contributed by atoms with Gasteiger partial charge in [-0.05, 0) is 86.2 Å². The topological polar surface area (TPSA) is 194 Å². The first-order chi connectivity index (χ1) is 30.4. The van der Waals surface area contributed by atoms with Crippen molar-refractivity contribution < 1.29 is 18.9 Å². The minimum absolute atomic E-state index is 0.0113. The van der Waals surface area contributed by atoms with Crippen molar-refractivity contribution in [1.82, 2.24) is 50.6 Å². The molecule has 0 bridgehead atoms. The molecule has 0 aliphatic carbocycles. The SMILES string of the molecule is Cc1cc(-c2ncnc3nc(-c4ccc(N5CCN(CC6CCN(c7ccc(N8CCC(=O)NC8=O)cc7)CC6)CC5)cn4)[nH]c23)ccc1[C@@H](C)NC(=O)c1noc(C(C)(C)C)n1. The highest BCUT2D eigenvalue weighted by atomic mass is 16.5. The molecule has 0 saturated carbocycles. The molecule has 4 amide bonds. The van der Waals surface area contributed by atoms with Crippen LogP contribution in [0.1, 0.15) is 80.6 Å². The molecule has 3 aliphatic rings. The van der Waals surface area contributed by atoms with Gasteiger partial charge in [-0.2, -0.15) is 4.98 Å². The number of piperazine rings is 1. The minimum atomic E-state index is -0.397. The van der Waals surface area contributed by atoms with Crippen LogP contribution in [0.3, 0.4) is 0 Å². The van der Waals surface area contributed by atoms with Gasteiger partial charge in [0.05, 0.1) is 23.6 Å². The van der Waals surface area contributed by atoms with Gasteiger partial charge < -0.3 is 24.6 Å². The zero-order chi connectivity index (χ0) is 43.8. The fourth-order valence-corrected chi connectivity index (χ4v) is 8.73. The van der Waals surface area contributed by atoms with Crippen molar-refractivity contribution >= 4 is 46.1 Å². The van der Waals surface area contributed by atoms with E-state index in [0.29, 0.717) is 36.2 Å². The normalized spacial score (nSPS) is 17.3. The van der Waals surface area contributed by atoms with E-state index in [1.807, 2.05) is 71.1 Å². The van der Waals surface area contributed by atoms with Gasteiger partial charge >= 0.3 is 6.03 Å². The second-order valence-electron chi connectivity index (χ2n) is 17.8. The number of rotatable bonds is 10. The molecule has 17 heteroatoms. The number of nitrogens with zero attached hydrogens (tertiary/aromatic N) is 10. The molecule has 6 aromatic rings. The summed E-state index contributed by atoms with van der Waals surface area (Å²) in [6.07, 6.45) is 6.07. The Hall–Kier alpha value is -6.75. The molecule has 0 spiro atoms. The fourth-order valence-electron chi connectivity index (χ4n) is 8.73. The van der Waals surface area contributed by atoms with Gasteiger partial charge in [-0.25, -0.2) is 19.7 Å². The summed E-state index contributed by atoms with van der Waals surface area (Å²) >= 11 is 0. The van der Waals surface area contributed by atoms with Crippen molar-refractivity contribution in [2.45, 2.75) is 65.3 Å². The van der Waals surface area contributed by atoms with Crippen LogP contribution in [-0.2, 0) is 10.2 Å². The van der Waals surface area contributed by atoms with Gasteiger partial charge in [-0.15, -0.1) is 0 Å². The molecular formula is C46H53N13O4. The van der Waals surface area contributed by atoms with E-state index in [9.17, 15) is 14.4 Å². The van der Waals surface area contributed by atoms with Crippen molar-refractivity contribution in [2.75, 3.05) is 67.1 Å². The van der Waals surface area contributed by atoms with Crippen LogP contribution in [0.15, 0.2) is 71.6 Å². The maximum absolute atomic E-state index is 12.9. The summed E-state index contributed by atoms with van der Waals surface area (Å²) < 4.78 is 5.31. The van der Waals surface area contributed by atoms with Crippen LogP contribution in [0.5, 0.6) is 0 Å². The lowest BCUT2D eigenvalue weighted by molar-refractivity contribution is -0.120. The number of amides is 4. The summed E-state index contributed by atoms with van der Waals surface area (Å²) in [5.74, 6) is 1.09. The van der Waals surface area contributed by atoms with E-state index in [0.717, 1.165) is 104 Å². The van der Waals surface area contributed by atoms with E-state index in [1.165, 1.54) is 12.0 Å². The number of anilines is 3. The number of piperidine rings is 1. The molecule has 0 radical (unpaired) electrons. The molecule has 4 aromatic heterocycles. The third-order valence-corrected chi connectivity index (χ3v) is 12.4. The number of aromatic nitrogens is 7. The van der Waals surface area contributed by atoms with Crippen molar-refractivity contribution in [3.63, 3.8) is 0 Å². The van der Waals surface area contributed by atoms with Crippen LogP contribution in [-0.4, -0.2) is 110 Å². The molecule has 3 N–H and O–H groups in total. The quantitative estimate of drug-likeness (QED) is 0.144. The van der Waals surface area contributed by atoms with Gasteiger partial charge in [-0.3, -0.25) is 29.7 Å². The highest BCUT2D eigenvalue weighted by molar-refractivity contribution is 6.05. The first-order valence-corrected chi connectivity index (χ1v) is 21.7. The van der Waals surface area contributed by atoms with Gasteiger partial charge in [0.25, 0.3) is 11.7 Å². The Morgan fingerprint density at radius 3 is 2.29 bits per heavy atom. The third kappa shape index (κ3) is 8.96. The average Bonchev–Trinajstić information content (AvgIpc) is 3.97. The van der Waals surface area contributed by atoms with Crippen LogP contribution in [0.25, 0.3) is 33.9 Å². The third-order valence-electron chi connectivity index (χ3n) is 12.4. The smallest absolute Gasteiger partial charge is 0.328 e. The monoisotopic (exact) mass is 851 g/mol. The van der Waals surface area contributed by atoms with Gasteiger partial charge in [0.15, 0.2) is 11.5 Å². The van der Waals surface area contributed by atoms with Crippen LogP contribution in [0, 0.1) is 12.8 Å². The summed E-state index contributed by atoms with van der Waals surface area (Å²) in [6.45, 7) is 17.2. The summed E-state index contributed by atoms with van der Waals surface area (Å²) in [5, 5.41) is 9.27. The highest BCUT2D eigenvalue weighted by Gasteiger charge is 2.28. The lowest BCUT2D eigenvalue weighted by Crippen LogP contribution is -2.49. The van der Waals surface area contributed by atoms with E-state index in [-0.39, 0.29) is 29.2 Å². The fraction of sp³-hybridized carbons (Fsp3) is 0.413. The van der Waals surface area contributed by atoms with E-state index in [2.05, 4.69) is 74.7 Å². The molecule has 3 fully saturated rings. The number of fused-ring (bicyclic) bond motifs is 1. The minimum Gasteiger partial charge on any atom is -0.372 e. The molecular weight excluding hydrogens is 799 g/mol. The zero-order valence-corrected chi connectivity index (χ0v) is 36.4. The van der Waals surface area contributed by atoms with Crippen molar-refractivity contribution in [2.24, 2.45) is 5.92 Å². The number of nitrogens with one attached hydrogen (secondary N) is 3. The maximum atomic E-state index is 12.9. The predicted molar refractivity (Wildman–Crippen MR) is 240 cm³/mol. The second kappa shape index (κ2) is 17.2. The lowest BCUT2D eigenvalue weighted by atomic mass is 9.95. The Morgan fingerprint density at radius 2 is 1.60 bits per heavy atom. The number of aromatic amines is 1. The molecule has 17 nitrogen and oxygen atoms in total. The summed E-state index contributed by atoms with van der Waals surface area (Å²) in [5.41, 5.74) is 8.29. The van der Waals surface area contributed by atoms with E-state index in [4.69, 9.17) is 14.5 Å². The van der Waals surface area contributed by atoms with Crippen molar-refractivity contribution in [3.8, 4) is 22.8 Å². The number of carbonyl (C=O) groups excluding carboxylic acids is 3. The lowest BCUT2D eigenvalue weighted by Gasteiger charge is -2.40. The second-order valence-corrected chi connectivity index (χ2v) is 17.8.